The van der Waals surface area contributed by atoms with Gasteiger partial charge in [-0.2, -0.15) is 8.42 Å². The number of hydrogen-bond donors (Lipinski definition) is 0. The van der Waals surface area contributed by atoms with E-state index in [1.54, 1.807) is 19.2 Å². The van der Waals surface area contributed by atoms with Gasteiger partial charge in [-0.15, -0.1) is 0 Å². The quantitative estimate of drug-likeness (QED) is 0.710. The van der Waals surface area contributed by atoms with E-state index in [0.717, 1.165) is 17.7 Å². The zero-order valence-electron chi connectivity index (χ0n) is 11.8. The second kappa shape index (κ2) is 7.21. The first-order valence-corrected chi connectivity index (χ1v) is 8.60. The minimum atomic E-state index is -4.23. The Hall–Kier alpha value is -1.44. The molecule has 2 aromatic rings. The van der Waals surface area contributed by atoms with Crippen molar-refractivity contribution in [3.63, 3.8) is 0 Å². The molecule has 0 radical (unpaired) electrons. The van der Waals surface area contributed by atoms with Gasteiger partial charge in [-0.25, -0.2) is 4.39 Å². The molecule has 2 aromatic carbocycles. The average molecular weight is 389 g/mol. The van der Waals surface area contributed by atoms with Gasteiger partial charge in [-0.3, -0.25) is 0 Å². The zero-order valence-corrected chi connectivity index (χ0v) is 14.2. The fourth-order valence-corrected chi connectivity index (χ4v) is 3.32. The second-order valence-corrected chi connectivity index (χ2v) is 6.93. The Kier molecular flexibility index (Phi) is 5.55. The summed E-state index contributed by atoms with van der Waals surface area (Å²) < 4.78 is 48.3. The van der Waals surface area contributed by atoms with Crippen molar-refractivity contribution in [3.8, 4) is 5.75 Å². The molecule has 0 aromatic heterocycles. The van der Waals surface area contributed by atoms with E-state index in [2.05, 4.69) is 15.9 Å². The minimum absolute atomic E-state index is 0.126. The molecular formula is C15H14BrFO4S. The second-order valence-electron chi connectivity index (χ2n) is 4.50. The Labute approximate surface area is 137 Å². The van der Waals surface area contributed by atoms with Crippen LogP contribution in [0.25, 0.3) is 0 Å². The fraction of sp³-hybridized carbons (Fsp3) is 0.200. The third-order valence-electron chi connectivity index (χ3n) is 2.89. The van der Waals surface area contributed by atoms with Gasteiger partial charge < -0.3 is 8.92 Å². The van der Waals surface area contributed by atoms with Crippen LogP contribution in [-0.4, -0.2) is 22.1 Å². The Morgan fingerprint density at radius 1 is 1.14 bits per heavy atom. The number of methoxy groups -OCH3 is 1. The summed E-state index contributed by atoms with van der Waals surface area (Å²) in [5.74, 6) is -0.736. The molecule has 0 heterocycles. The molecule has 22 heavy (non-hydrogen) atoms. The van der Waals surface area contributed by atoms with E-state index >= 15 is 0 Å². The van der Waals surface area contributed by atoms with Crippen LogP contribution in [0.5, 0.6) is 5.75 Å². The molecule has 0 aliphatic heterocycles. The SMILES string of the molecule is COCCc1ccc(OS(=O)(=O)c2cc(Br)ccc2F)cc1. The summed E-state index contributed by atoms with van der Waals surface area (Å²) in [6, 6.07) is 10.2. The number of rotatable bonds is 6. The van der Waals surface area contributed by atoms with Gasteiger partial charge in [0, 0.05) is 11.6 Å². The molecule has 0 atom stereocenters. The highest BCUT2D eigenvalue weighted by Crippen LogP contribution is 2.24. The van der Waals surface area contributed by atoms with Crippen LogP contribution >= 0.6 is 15.9 Å². The molecule has 118 valence electrons. The van der Waals surface area contributed by atoms with Crippen molar-refractivity contribution >= 4 is 26.0 Å². The van der Waals surface area contributed by atoms with Crippen LogP contribution in [0.1, 0.15) is 5.56 Å². The molecule has 0 aliphatic carbocycles. The minimum Gasteiger partial charge on any atom is -0.384 e. The van der Waals surface area contributed by atoms with Crippen molar-refractivity contribution in [2.45, 2.75) is 11.3 Å². The molecule has 0 saturated carbocycles. The van der Waals surface area contributed by atoms with E-state index in [0.29, 0.717) is 17.5 Å². The molecule has 7 heteroatoms. The lowest BCUT2D eigenvalue weighted by Gasteiger charge is -2.09. The number of hydrogen-bond acceptors (Lipinski definition) is 4. The Morgan fingerprint density at radius 3 is 2.45 bits per heavy atom. The smallest absolute Gasteiger partial charge is 0.342 e. The summed E-state index contributed by atoms with van der Waals surface area (Å²) in [4.78, 5) is -0.509. The van der Waals surface area contributed by atoms with Crippen molar-refractivity contribution < 1.29 is 21.7 Å². The summed E-state index contributed by atoms with van der Waals surface area (Å²) in [5.41, 5.74) is 0.986. The number of benzene rings is 2. The molecule has 0 fully saturated rings. The Morgan fingerprint density at radius 2 is 1.82 bits per heavy atom. The maximum Gasteiger partial charge on any atom is 0.342 e. The third kappa shape index (κ3) is 4.28. The molecule has 0 aliphatic rings. The van der Waals surface area contributed by atoms with Gasteiger partial charge in [0.25, 0.3) is 0 Å². The van der Waals surface area contributed by atoms with Crippen LogP contribution in [0.2, 0.25) is 0 Å². The van der Waals surface area contributed by atoms with Gasteiger partial charge >= 0.3 is 10.1 Å². The standard InChI is InChI=1S/C15H14BrFO4S/c1-20-9-8-11-2-5-13(6-3-11)21-22(18,19)15-10-12(16)4-7-14(15)17/h2-7,10H,8-9H2,1H3. The van der Waals surface area contributed by atoms with Crippen molar-refractivity contribution in [2.24, 2.45) is 0 Å². The van der Waals surface area contributed by atoms with E-state index in [-0.39, 0.29) is 5.75 Å². The lowest BCUT2D eigenvalue weighted by atomic mass is 10.1. The highest BCUT2D eigenvalue weighted by molar-refractivity contribution is 9.10. The highest BCUT2D eigenvalue weighted by Gasteiger charge is 2.21. The number of ether oxygens (including phenoxy) is 1. The molecule has 0 unspecified atom stereocenters. The maximum atomic E-state index is 13.7. The zero-order chi connectivity index (χ0) is 16.2. The molecular weight excluding hydrogens is 375 g/mol. The predicted octanol–water partition coefficient (Wildman–Crippen LogP) is 3.54. The summed E-state index contributed by atoms with van der Waals surface area (Å²) in [6.45, 7) is 0.571. The number of halogens is 2. The third-order valence-corrected chi connectivity index (χ3v) is 4.64. The fourth-order valence-electron chi connectivity index (χ4n) is 1.77. The van der Waals surface area contributed by atoms with E-state index < -0.39 is 20.8 Å². The van der Waals surface area contributed by atoms with Gasteiger partial charge in [-0.05, 0) is 42.3 Å². The van der Waals surface area contributed by atoms with Crippen LogP contribution < -0.4 is 4.18 Å². The maximum absolute atomic E-state index is 13.7. The molecule has 0 spiro atoms. The van der Waals surface area contributed by atoms with E-state index in [9.17, 15) is 12.8 Å². The first-order chi connectivity index (χ1) is 10.4. The van der Waals surface area contributed by atoms with Crippen molar-refractivity contribution in [3.05, 3.63) is 58.3 Å². The monoisotopic (exact) mass is 388 g/mol. The summed E-state index contributed by atoms with van der Waals surface area (Å²) >= 11 is 3.11. The molecule has 0 saturated heterocycles. The van der Waals surface area contributed by atoms with Crippen molar-refractivity contribution in [1.29, 1.82) is 0 Å². The highest BCUT2D eigenvalue weighted by atomic mass is 79.9. The Balaban J connectivity index is 2.20. The van der Waals surface area contributed by atoms with Gasteiger partial charge in [0.2, 0.25) is 0 Å². The van der Waals surface area contributed by atoms with Gasteiger partial charge in [-0.1, -0.05) is 28.1 Å². The molecule has 0 N–H and O–H groups in total. The topological polar surface area (TPSA) is 52.6 Å². The molecule has 0 amide bonds. The summed E-state index contributed by atoms with van der Waals surface area (Å²) in [7, 11) is -2.62. The van der Waals surface area contributed by atoms with Gasteiger partial charge in [0.1, 0.15) is 16.5 Å². The van der Waals surface area contributed by atoms with Crippen LogP contribution in [0, 0.1) is 5.82 Å². The molecule has 0 bridgehead atoms. The lowest BCUT2D eigenvalue weighted by molar-refractivity contribution is 0.202. The first-order valence-electron chi connectivity index (χ1n) is 6.40. The first kappa shape index (κ1) is 16.9. The van der Waals surface area contributed by atoms with E-state index in [1.165, 1.54) is 18.2 Å². The normalized spacial score (nSPS) is 11.4. The predicted molar refractivity (Wildman–Crippen MR) is 83.9 cm³/mol. The summed E-state index contributed by atoms with van der Waals surface area (Å²) in [6.07, 6.45) is 0.712. The van der Waals surface area contributed by atoms with Gasteiger partial charge in [0.15, 0.2) is 0 Å². The van der Waals surface area contributed by atoms with Crippen LogP contribution in [0.3, 0.4) is 0 Å². The summed E-state index contributed by atoms with van der Waals surface area (Å²) in [5, 5.41) is 0. The lowest BCUT2D eigenvalue weighted by Crippen LogP contribution is -2.11. The average Bonchev–Trinajstić information content (AvgIpc) is 2.48. The van der Waals surface area contributed by atoms with Crippen molar-refractivity contribution in [1.82, 2.24) is 0 Å². The largest absolute Gasteiger partial charge is 0.384 e. The molecule has 2 rings (SSSR count). The molecule has 4 nitrogen and oxygen atoms in total. The van der Waals surface area contributed by atoms with Gasteiger partial charge in [0.05, 0.1) is 6.61 Å². The van der Waals surface area contributed by atoms with Crippen LogP contribution in [0.4, 0.5) is 4.39 Å². The van der Waals surface area contributed by atoms with Crippen LogP contribution in [-0.2, 0) is 21.3 Å². The van der Waals surface area contributed by atoms with Crippen molar-refractivity contribution in [2.75, 3.05) is 13.7 Å². The Bertz CT molecular complexity index is 745. The van der Waals surface area contributed by atoms with Crippen LogP contribution in [0.15, 0.2) is 51.8 Å². The van der Waals surface area contributed by atoms with E-state index in [1.807, 2.05) is 0 Å². The van der Waals surface area contributed by atoms with E-state index in [4.69, 9.17) is 8.92 Å².